The molecule has 3 unspecified atom stereocenters. The van der Waals surface area contributed by atoms with Crippen LogP contribution in [-0.4, -0.2) is 18.0 Å². The van der Waals surface area contributed by atoms with Gasteiger partial charge in [0.1, 0.15) is 0 Å². The number of amides is 1. The number of nitrogens with one attached hydrogen (secondary N) is 2. The number of fused-ring (bicyclic) bond motifs is 2. The third kappa shape index (κ3) is 2.63. The highest BCUT2D eigenvalue weighted by atomic mass is 35.5. The van der Waals surface area contributed by atoms with Gasteiger partial charge in [-0.2, -0.15) is 0 Å². The summed E-state index contributed by atoms with van der Waals surface area (Å²) in [6.45, 7) is 2.02. The Kier molecular flexibility index (Phi) is 3.50. The first-order chi connectivity index (χ1) is 9.13. The molecule has 2 aliphatic rings. The molecule has 3 rings (SSSR count). The summed E-state index contributed by atoms with van der Waals surface area (Å²) in [4.78, 5) is 12.3. The van der Waals surface area contributed by atoms with Crippen molar-refractivity contribution in [3.8, 4) is 0 Å². The van der Waals surface area contributed by atoms with Crippen molar-refractivity contribution in [3.05, 3.63) is 34.9 Å². The van der Waals surface area contributed by atoms with Gasteiger partial charge in [0.05, 0.1) is 12.0 Å². The molecule has 2 bridgehead atoms. The second-order valence-electron chi connectivity index (χ2n) is 5.67. The highest BCUT2D eigenvalue weighted by Crippen LogP contribution is 2.33. The minimum absolute atomic E-state index is 0.0314. The van der Waals surface area contributed by atoms with Crippen LogP contribution in [-0.2, 0) is 4.79 Å². The zero-order valence-corrected chi connectivity index (χ0v) is 11.8. The highest BCUT2D eigenvalue weighted by Gasteiger charge is 2.42. The molecule has 1 amide bonds. The molecule has 0 saturated carbocycles. The molecule has 2 saturated heterocycles. The molecule has 0 aromatic heterocycles. The van der Waals surface area contributed by atoms with Crippen LogP contribution in [0.1, 0.15) is 37.8 Å². The monoisotopic (exact) mass is 278 g/mol. The Morgan fingerprint density at radius 2 is 2.11 bits per heavy atom. The predicted molar refractivity (Wildman–Crippen MR) is 76.1 cm³/mol. The maximum absolute atomic E-state index is 12.3. The Balaban J connectivity index is 1.61. The number of hydrogen-bond acceptors (Lipinski definition) is 2. The molecule has 3 nitrogen and oxygen atoms in total. The van der Waals surface area contributed by atoms with Crippen molar-refractivity contribution in [2.45, 2.75) is 44.3 Å². The molecular formula is C15H19ClN2O. The van der Waals surface area contributed by atoms with Gasteiger partial charge in [0.15, 0.2) is 0 Å². The van der Waals surface area contributed by atoms with Crippen LogP contribution in [0.2, 0.25) is 5.02 Å². The summed E-state index contributed by atoms with van der Waals surface area (Å²) in [6, 6.07) is 8.63. The molecule has 2 N–H and O–H groups in total. The first-order valence-corrected chi connectivity index (χ1v) is 7.33. The number of carbonyl (C=O) groups is 1. The minimum atomic E-state index is 0.0314. The minimum Gasteiger partial charge on any atom is -0.349 e. The molecule has 4 heteroatoms. The standard InChI is InChI=1S/C15H19ClN2O/c1-9(10-2-4-11(16)5-3-10)17-15(19)13-8-12-6-7-14(13)18-12/h2-5,9,12-14,18H,6-8H2,1H3,(H,17,19)/t9-,12?,13?,14?/m1/s1. The number of carbonyl (C=O) groups excluding carboxylic acids is 1. The van der Waals surface area contributed by atoms with E-state index in [2.05, 4.69) is 10.6 Å². The maximum Gasteiger partial charge on any atom is 0.225 e. The molecule has 1 aromatic rings. The van der Waals surface area contributed by atoms with E-state index in [1.54, 1.807) is 0 Å². The average molecular weight is 279 g/mol. The Labute approximate surface area is 118 Å². The molecule has 4 atom stereocenters. The molecule has 0 spiro atoms. The number of hydrogen-bond donors (Lipinski definition) is 2. The van der Waals surface area contributed by atoms with Gasteiger partial charge in [-0.3, -0.25) is 4.79 Å². The number of benzene rings is 1. The van der Waals surface area contributed by atoms with Crippen LogP contribution in [0.25, 0.3) is 0 Å². The van der Waals surface area contributed by atoms with Crippen LogP contribution in [0, 0.1) is 5.92 Å². The van der Waals surface area contributed by atoms with Gasteiger partial charge in [0.2, 0.25) is 5.91 Å². The van der Waals surface area contributed by atoms with Gasteiger partial charge in [-0.1, -0.05) is 23.7 Å². The normalized spacial score (nSPS) is 30.3. The summed E-state index contributed by atoms with van der Waals surface area (Å²) in [5, 5.41) is 7.34. The van der Waals surface area contributed by atoms with Crippen LogP contribution in [0.3, 0.4) is 0 Å². The Morgan fingerprint density at radius 1 is 1.37 bits per heavy atom. The van der Waals surface area contributed by atoms with Crippen molar-refractivity contribution in [2.24, 2.45) is 5.92 Å². The largest absolute Gasteiger partial charge is 0.349 e. The fourth-order valence-corrected chi connectivity index (χ4v) is 3.40. The van der Waals surface area contributed by atoms with E-state index in [1.165, 1.54) is 6.42 Å². The van der Waals surface area contributed by atoms with Crippen LogP contribution in [0.5, 0.6) is 0 Å². The third-order valence-electron chi connectivity index (χ3n) is 4.37. The van der Waals surface area contributed by atoms with Gasteiger partial charge in [-0.15, -0.1) is 0 Å². The lowest BCUT2D eigenvalue weighted by Crippen LogP contribution is -2.38. The highest BCUT2D eigenvalue weighted by molar-refractivity contribution is 6.30. The van der Waals surface area contributed by atoms with Crippen LogP contribution in [0.4, 0.5) is 0 Å². The Bertz CT molecular complexity index is 474. The van der Waals surface area contributed by atoms with E-state index in [4.69, 9.17) is 11.6 Å². The quantitative estimate of drug-likeness (QED) is 0.892. The first kappa shape index (κ1) is 12.9. The third-order valence-corrected chi connectivity index (χ3v) is 4.62. The van der Waals surface area contributed by atoms with Crippen molar-refractivity contribution in [1.29, 1.82) is 0 Å². The van der Waals surface area contributed by atoms with Gasteiger partial charge in [0, 0.05) is 17.1 Å². The second-order valence-corrected chi connectivity index (χ2v) is 6.11. The number of rotatable bonds is 3. The SMILES string of the molecule is C[C@@H](NC(=O)C1CC2CCC1N2)c1ccc(Cl)cc1. The zero-order chi connectivity index (χ0) is 13.4. The fraction of sp³-hybridized carbons (Fsp3) is 0.533. The second kappa shape index (κ2) is 5.14. The molecule has 0 radical (unpaired) electrons. The molecule has 102 valence electrons. The lowest BCUT2D eigenvalue weighted by molar-refractivity contribution is -0.126. The molecule has 2 aliphatic heterocycles. The summed E-state index contributed by atoms with van der Waals surface area (Å²) < 4.78 is 0. The van der Waals surface area contributed by atoms with Gasteiger partial charge in [0.25, 0.3) is 0 Å². The molecule has 1 aromatic carbocycles. The molecule has 19 heavy (non-hydrogen) atoms. The first-order valence-electron chi connectivity index (χ1n) is 6.95. The van der Waals surface area contributed by atoms with Gasteiger partial charge < -0.3 is 10.6 Å². The van der Waals surface area contributed by atoms with Crippen LogP contribution >= 0.6 is 11.6 Å². The maximum atomic E-state index is 12.3. The van der Waals surface area contributed by atoms with Crippen molar-refractivity contribution in [3.63, 3.8) is 0 Å². The molecule has 2 fully saturated rings. The smallest absolute Gasteiger partial charge is 0.225 e. The van der Waals surface area contributed by atoms with Gasteiger partial charge >= 0.3 is 0 Å². The van der Waals surface area contributed by atoms with Crippen molar-refractivity contribution in [2.75, 3.05) is 0 Å². The van der Waals surface area contributed by atoms with E-state index in [0.29, 0.717) is 12.1 Å². The Hall–Kier alpha value is -1.06. The summed E-state index contributed by atoms with van der Waals surface area (Å²) >= 11 is 5.87. The molecule has 2 heterocycles. The van der Waals surface area contributed by atoms with Gasteiger partial charge in [-0.25, -0.2) is 0 Å². The van der Waals surface area contributed by atoms with Crippen LogP contribution in [0.15, 0.2) is 24.3 Å². The van der Waals surface area contributed by atoms with E-state index in [1.807, 2.05) is 31.2 Å². The van der Waals surface area contributed by atoms with E-state index < -0.39 is 0 Å². The fourth-order valence-electron chi connectivity index (χ4n) is 3.27. The van der Waals surface area contributed by atoms with Crippen molar-refractivity contribution >= 4 is 17.5 Å². The number of halogens is 1. The van der Waals surface area contributed by atoms with E-state index in [9.17, 15) is 4.79 Å². The summed E-state index contributed by atoms with van der Waals surface area (Å²) in [5.41, 5.74) is 1.09. The topological polar surface area (TPSA) is 41.1 Å². The zero-order valence-electron chi connectivity index (χ0n) is 11.0. The summed E-state index contributed by atoms with van der Waals surface area (Å²) in [7, 11) is 0. The van der Waals surface area contributed by atoms with Gasteiger partial charge in [-0.05, 0) is 43.9 Å². The van der Waals surface area contributed by atoms with Crippen LogP contribution < -0.4 is 10.6 Å². The average Bonchev–Trinajstić information content (AvgIpc) is 3.01. The van der Waals surface area contributed by atoms with E-state index in [0.717, 1.165) is 23.4 Å². The molecular weight excluding hydrogens is 260 g/mol. The lowest BCUT2D eigenvalue weighted by atomic mass is 9.88. The molecule has 0 aliphatic carbocycles. The lowest BCUT2D eigenvalue weighted by Gasteiger charge is -2.22. The summed E-state index contributed by atoms with van der Waals surface area (Å²) in [6.07, 6.45) is 3.35. The predicted octanol–water partition coefficient (Wildman–Crippen LogP) is 2.66. The van der Waals surface area contributed by atoms with E-state index in [-0.39, 0.29) is 17.9 Å². The van der Waals surface area contributed by atoms with Crippen molar-refractivity contribution < 1.29 is 4.79 Å². The Morgan fingerprint density at radius 3 is 2.68 bits per heavy atom. The summed E-state index contributed by atoms with van der Waals surface area (Å²) in [5.74, 6) is 0.329. The van der Waals surface area contributed by atoms with E-state index >= 15 is 0 Å². The van der Waals surface area contributed by atoms with Crippen molar-refractivity contribution in [1.82, 2.24) is 10.6 Å².